The smallest absolute Gasteiger partial charge is 0.334 e. The van der Waals surface area contributed by atoms with Gasteiger partial charge in [0, 0.05) is 24.5 Å². The Morgan fingerprint density at radius 2 is 1.31 bits per heavy atom. The number of esters is 1. The zero-order valence-corrected chi connectivity index (χ0v) is 20.9. The van der Waals surface area contributed by atoms with Crippen LogP contribution in [-0.2, 0) is 22.4 Å². The van der Waals surface area contributed by atoms with Crippen molar-refractivity contribution < 1.29 is 19.0 Å². The van der Waals surface area contributed by atoms with Crippen molar-refractivity contribution in [2.24, 2.45) is 0 Å². The lowest BCUT2D eigenvalue weighted by atomic mass is 10.0. The molecule has 0 N–H and O–H groups in total. The molecule has 0 amide bonds. The molecule has 0 aliphatic heterocycles. The number of hydrogen-bond acceptors (Lipinski definition) is 4. The molecule has 0 unspecified atom stereocenters. The van der Waals surface area contributed by atoms with Crippen molar-refractivity contribution in [3.05, 3.63) is 101 Å². The van der Waals surface area contributed by atoms with Gasteiger partial charge in [0.15, 0.2) is 0 Å². The quantitative estimate of drug-likeness (QED) is 0.186. The van der Waals surface area contributed by atoms with Crippen LogP contribution in [0.4, 0.5) is 0 Å². The molecule has 0 bridgehead atoms. The molecular formula is C31H36O4. The summed E-state index contributed by atoms with van der Waals surface area (Å²) in [4.78, 5) is 12.5. The maximum Gasteiger partial charge on any atom is 0.334 e. The Morgan fingerprint density at radius 1 is 0.771 bits per heavy atom. The molecule has 0 aromatic heterocycles. The Balaban J connectivity index is 1.77. The van der Waals surface area contributed by atoms with Gasteiger partial charge in [0.2, 0.25) is 0 Å². The zero-order chi connectivity index (χ0) is 24.7. The third-order valence-electron chi connectivity index (χ3n) is 5.59. The van der Waals surface area contributed by atoms with Crippen molar-refractivity contribution in [3.8, 4) is 11.5 Å². The third-order valence-corrected chi connectivity index (χ3v) is 5.59. The normalized spacial score (nSPS) is 11.2. The highest BCUT2D eigenvalue weighted by Gasteiger charge is 2.12. The van der Waals surface area contributed by atoms with E-state index in [2.05, 4.69) is 31.2 Å². The molecule has 3 aromatic carbocycles. The first kappa shape index (κ1) is 26.1. The topological polar surface area (TPSA) is 44.8 Å². The molecule has 4 heteroatoms. The summed E-state index contributed by atoms with van der Waals surface area (Å²) in [5.74, 6) is 1.19. The molecule has 0 radical (unpaired) electrons. The number of carbonyl (C=O) groups is 1. The van der Waals surface area contributed by atoms with Gasteiger partial charge in [-0.1, -0.05) is 74.0 Å². The monoisotopic (exact) mass is 472 g/mol. The lowest BCUT2D eigenvalue weighted by molar-refractivity contribution is -0.138. The van der Waals surface area contributed by atoms with Gasteiger partial charge in [-0.25, -0.2) is 4.79 Å². The fraction of sp³-hybridized carbons (Fsp3) is 0.323. The highest BCUT2D eigenvalue weighted by molar-refractivity contribution is 5.93. The van der Waals surface area contributed by atoms with Crippen LogP contribution in [0, 0.1) is 0 Å². The number of unbranched alkanes of at least 4 members (excludes halogenated alkanes) is 1. The first-order valence-corrected chi connectivity index (χ1v) is 12.5. The average Bonchev–Trinajstić information content (AvgIpc) is 2.88. The summed E-state index contributed by atoms with van der Waals surface area (Å²) in [5, 5.41) is 0. The molecule has 0 atom stereocenters. The fourth-order valence-electron chi connectivity index (χ4n) is 3.73. The summed E-state index contributed by atoms with van der Waals surface area (Å²) in [7, 11) is 0. The molecule has 0 saturated carbocycles. The number of ether oxygens (including phenoxy) is 3. The lowest BCUT2D eigenvalue weighted by Gasteiger charge is -2.13. The van der Waals surface area contributed by atoms with E-state index in [0.717, 1.165) is 42.7 Å². The van der Waals surface area contributed by atoms with Crippen LogP contribution in [0.1, 0.15) is 49.8 Å². The molecule has 184 valence electrons. The number of carbonyl (C=O) groups excluding carboxylic acids is 1. The zero-order valence-electron chi connectivity index (χ0n) is 20.9. The van der Waals surface area contributed by atoms with E-state index < -0.39 is 0 Å². The van der Waals surface area contributed by atoms with Gasteiger partial charge in [0.25, 0.3) is 0 Å². The van der Waals surface area contributed by atoms with E-state index in [0.29, 0.717) is 31.8 Å². The molecular weight excluding hydrogens is 436 g/mol. The van der Waals surface area contributed by atoms with Gasteiger partial charge in [-0.05, 0) is 54.7 Å². The van der Waals surface area contributed by atoms with Gasteiger partial charge in [-0.2, -0.15) is 0 Å². The number of rotatable bonds is 14. The van der Waals surface area contributed by atoms with Crippen LogP contribution in [0.2, 0.25) is 0 Å². The fourth-order valence-corrected chi connectivity index (χ4v) is 3.73. The predicted octanol–water partition coefficient (Wildman–Crippen LogP) is 7.07. The van der Waals surface area contributed by atoms with Crippen molar-refractivity contribution in [2.75, 3.05) is 19.8 Å². The van der Waals surface area contributed by atoms with E-state index in [-0.39, 0.29) is 5.97 Å². The first-order valence-electron chi connectivity index (χ1n) is 12.5. The van der Waals surface area contributed by atoms with E-state index in [4.69, 9.17) is 14.2 Å². The molecule has 0 aliphatic rings. The van der Waals surface area contributed by atoms with Gasteiger partial charge in [-0.3, -0.25) is 0 Å². The van der Waals surface area contributed by atoms with Gasteiger partial charge in [-0.15, -0.1) is 0 Å². The second-order valence-electron chi connectivity index (χ2n) is 8.40. The molecule has 0 aliphatic carbocycles. The summed E-state index contributed by atoms with van der Waals surface area (Å²) in [6.45, 7) is 5.42. The number of hydrogen-bond donors (Lipinski definition) is 0. The molecule has 4 nitrogen and oxygen atoms in total. The summed E-state index contributed by atoms with van der Waals surface area (Å²) in [6, 6.07) is 26.4. The Labute approximate surface area is 209 Å². The highest BCUT2D eigenvalue weighted by atomic mass is 16.5. The minimum Gasteiger partial charge on any atom is -0.493 e. The van der Waals surface area contributed by atoms with Gasteiger partial charge >= 0.3 is 5.97 Å². The summed E-state index contributed by atoms with van der Waals surface area (Å²) >= 11 is 0. The second kappa shape index (κ2) is 14.7. The van der Waals surface area contributed by atoms with Crippen molar-refractivity contribution in [1.82, 2.24) is 0 Å². The van der Waals surface area contributed by atoms with E-state index >= 15 is 0 Å². The molecule has 3 rings (SSSR count). The summed E-state index contributed by atoms with van der Waals surface area (Å²) in [6.07, 6.45) is 6.15. The SMILES string of the molecule is CCCC/C(=C\c1cc(OCCc2ccccc2)cc(OCCc2ccccc2)c1)C(=O)OCC. The van der Waals surface area contributed by atoms with Crippen molar-refractivity contribution in [2.45, 2.75) is 46.0 Å². The molecule has 35 heavy (non-hydrogen) atoms. The minimum absolute atomic E-state index is 0.261. The van der Waals surface area contributed by atoms with E-state index in [9.17, 15) is 4.79 Å². The average molecular weight is 473 g/mol. The van der Waals surface area contributed by atoms with Crippen LogP contribution < -0.4 is 9.47 Å². The Bertz CT molecular complexity index is 994. The molecule has 0 fully saturated rings. The van der Waals surface area contributed by atoms with Crippen LogP contribution in [0.3, 0.4) is 0 Å². The summed E-state index contributed by atoms with van der Waals surface area (Å²) < 4.78 is 17.5. The molecule has 0 heterocycles. The Morgan fingerprint density at radius 3 is 1.80 bits per heavy atom. The van der Waals surface area contributed by atoms with Crippen LogP contribution in [0.25, 0.3) is 6.08 Å². The van der Waals surface area contributed by atoms with Crippen molar-refractivity contribution in [3.63, 3.8) is 0 Å². The molecule has 3 aromatic rings. The summed E-state index contributed by atoms with van der Waals surface area (Å²) in [5.41, 5.74) is 4.00. The Hall–Kier alpha value is -3.53. The van der Waals surface area contributed by atoms with Crippen LogP contribution in [0.15, 0.2) is 84.4 Å². The standard InChI is InChI=1S/C31H36O4/c1-3-5-16-28(31(32)33-4-2)21-27-22-29(34-19-17-25-12-8-6-9-13-25)24-30(23-27)35-20-18-26-14-10-7-11-15-26/h6-15,21-24H,3-5,16-20H2,1-2H3/b28-21+. The highest BCUT2D eigenvalue weighted by Crippen LogP contribution is 2.26. The second-order valence-corrected chi connectivity index (χ2v) is 8.40. The van der Waals surface area contributed by atoms with E-state index in [1.54, 1.807) is 0 Å². The molecule has 0 spiro atoms. The van der Waals surface area contributed by atoms with Gasteiger partial charge < -0.3 is 14.2 Å². The Kier molecular flexibility index (Phi) is 10.9. The van der Waals surface area contributed by atoms with Gasteiger partial charge in [0.05, 0.1) is 19.8 Å². The van der Waals surface area contributed by atoms with Crippen molar-refractivity contribution in [1.29, 1.82) is 0 Å². The van der Waals surface area contributed by atoms with Crippen molar-refractivity contribution >= 4 is 12.0 Å². The molecule has 0 saturated heterocycles. The predicted molar refractivity (Wildman–Crippen MR) is 142 cm³/mol. The van der Waals surface area contributed by atoms with Crippen LogP contribution >= 0.6 is 0 Å². The number of benzene rings is 3. The first-order chi connectivity index (χ1) is 17.2. The van der Waals surface area contributed by atoms with Gasteiger partial charge in [0.1, 0.15) is 11.5 Å². The van der Waals surface area contributed by atoms with Crippen LogP contribution in [-0.4, -0.2) is 25.8 Å². The maximum absolute atomic E-state index is 12.5. The van der Waals surface area contributed by atoms with E-state index in [1.807, 2.05) is 67.6 Å². The van der Waals surface area contributed by atoms with E-state index in [1.165, 1.54) is 11.1 Å². The lowest BCUT2D eigenvalue weighted by Crippen LogP contribution is -2.08. The largest absolute Gasteiger partial charge is 0.493 e. The maximum atomic E-state index is 12.5. The third kappa shape index (κ3) is 9.32. The van der Waals surface area contributed by atoms with Crippen LogP contribution in [0.5, 0.6) is 11.5 Å². The minimum atomic E-state index is -0.261.